The molecule has 0 amide bonds. The first-order valence-electron chi connectivity index (χ1n) is 4.68. The minimum atomic E-state index is -0.424. The molecule has 0 aliphatic rings. The lowest BCUT2D eigenvalue weighted by Crippen LogP contribution is -2.41. The zero-order valence-electron chi connectivity index (χ0n) is 9.42. The molecular weight excluding hydrogens is 166 g/mol. The summed E-state index contributed by atoms with van der Waals surface area (Å²) in [4.78, 5) is 0. The fraction of sp³-hybridized carbons (Fsp3) is 1.00. The summed E-state index contributed by atoms with van der Waals surface area (Å²) in [7, 11) is 1.65. The lowest BCUT2D eigenvalue weighted by molar-refractivity contribution is -0.0505. The molecule has 0 saturated carbocycles. The Labute approximate surface area is 81.3 Å². The average molecular weight is 189 g/mol. The fourth-order valence-corrected chi connectivity index (χ4v) is 0.961. The third-order valence-corrected chi connectivity index (χ3v) is 2.67. The number of hydrogen-bond acceptors (Lipinski definition) is 3. The monoisotopic (exact) mass is 189 g/mol. The van der Waals surface area contributed by atoms with Gasteiger partial charge in [-0.15, -0.1) is 0 Å². The molecule has 3 N–H and O–H groups in total. The van der Waals surface area contributed by atoms with Crippen LogP contribution in [0.3, 0.4) is 0 Å². The van der Waals surface area contributed by atoms with Gasteiger partial charge in [-0.3, -0.25) is 0 Å². The first-order valence-corrected chi connectivity index (χ1v) is 4.68. The highest BCUT2D eigenvalue weighted by molar-refractivity contribution is 4.84. The Hall–Kier alpha value is -0.120. The lowest BCUT2D eigenvalue weighted by Gasteiger charge is -2.34. The quantitative estimate of drug-likeness (QED) is 0.682. The van der Waals surface area contributed by atoms with E-state index in [2.05, 4.69) is 0 Å². The normalized spacial score (nSPS) is 15.9. The molecule has 3 nitrogen and oxygen atoms in total. The predicted octanol–water partition coefficient (Wildman–Crippen LogP) is 1.15. The van der Waals surface area contributed by atoms with Crippen LogP contribution in [0, 0.1) is 5.41 Å². The summed E-state index contributed by atoms with van der Waals surface area (Å²) >= 11 is 0. The average Bonchev–Trinajstić information content (AvgIpc) is 2.04. The largest absolute Gasteiger partial charge is 0.392 e. The van der Waals surface area contributed by atoms with E-state index in [1.165, 1.54) is 0 Å². The maximum atomic E-state index is 9.88. The minimum Gasteiger partial charge on any atom is -0.392 e. The zero-order chi connectivity index (χ0) is 10.7. The van der Waals surface area contributed by atoms with E-state index in [1.807, 2.05) is 27.7 Å². The molecule has 80 valence electrons. The number of rotatable bonds is 5. The van der Waals surface area contributed by atoms with E-state index in [-0.39, 0.29) is 11.0 Å². The SMILES string of the molecule is COC(C)(C)CC(O)C(C)(C)CN. The lowest BCUT2D eigenvalue weighted by atomic mass is 9.81. The third kappa shape index (κ3) is 4.07. The van der Waals surface area contributed by atoms with Gasteiger partial charge in [0.25, 0.3) is 0 Å². The van der Waals surface area contributed by atoms with Crippen LogP contribution in [0.1, 0.15) is 34.1 Å². The molecule has 0 heterocycles. The molecule has 13 heavy (non-hydrogen) atoms. The van der Waals surface area contributed by atoms with E-state index < -0.39 is 6.10 Å². The van der Waals surface area contributed by atoms with Gasteiger partial charge in [-0.2, -0.15) is 0 Å². The number of aliphatic hydroxyl groups is 1. The second-order valence-corrected chi connectivity index (χ2v) is 4.88. The van der Waals surface area contributed by atoms with Gasteiger partial charge < -0.3 is 15.6 Å². The summed E-state index contributed by atoms with van der Waals surface area (Å²) in [5.41, 5.74) is 5.04. The van der Waals surface area contributed by atoms with Crippen molar-refractivity contribution in [3.8, 4) is 0 Å². The smallest absolute Gasteiger partial charge is 0.0647 e. The van der Waals surface area contributed by atoms with Crippen molar-refractivity contribution in [1.29, 1.82) is 0 Å². The molecular formula is C10H23NO2. The van der Waals surface area contributed by atoms with Gasteiger partial charge in [-0.1, -0.05) is 13.8 Å². The molecule has 0 aromatic heterocycles. The Bertz CT molecular complexity index is 155. The number of nitrogens with two attached hydrogens (primary N) is 1. The van der Waals surface area contributed by atoms with Crippen LogP contribution in [-0.4, -0.2) is 30.5 Å². The maximum Gasteiger partial charge on any atom is 0.0647 e. The van der Waals surface area contributed by atoms with Crippen LogP contribution >= 0.6 is 0 Å². The standard InChI is InChI=1S/C10H23NO2/c1-9(2,7-11)8(12)6-10(3,4)13-5/h8,12H,6-7,11H2,1-5H3. The Morgan fingerprint density at radius 2 is 1.77 bits per heavy atom. The van der Waals surface area contributed by atoms with Crippen LogP contribution in [0.25, 0.3) is 0 Å². The van der Waals surface area contributed by atoms with E-state index in [0.29, 0.717) is 13.0 Å². The molecule has 0 radical (unpaired) electrons. The minimum absolute atomic E-state index is 0.240. The summed E-state index contributed by atoms with van der Waals surface area (Å²) < 4.78 is 5.25. The first-order chi connectivity index (χ1) is 5.75. The molecule has 1 unspecified atom stereocenters. The molecule has 0 aromatic carbocycles. The fourth-order valence-electron chi connectivity index (χ4n) is 0.961. The van der Waals surface area contributed by atoms with Crippen LogP contribution in [0.4, 0.5) is 0 Å². The number of aliphatic hydroxyl groups excluding tert-OH is 1. The third-order valence-electron chi connectivity index (χ3n) is 2.67. The van der Waals surface area contributed by atoms with Gasteiger partial charge in [0, 0.05) is 18.9 Å². The van der Waals surface area contributed by atoms with Gasteiger partial charge in [0.2, 0.25) is 0 Å². The summed E-state index contributed by atoms with van der Waals surface area (Å²) in [6.07, 6.45) is 0.181. The highest BCUT2D eigenvalue weighted by atomic mass is 16.5. The Morgan fingerprint density at radius 1 is 1.31 bits per heavy atom. The second-order valence-electron chi connectivity index (χ2n) is 4.88. The van der Waals surface area contributed by atoms with Crippen molar-refractivity contribution in [2.45, 2.75) is 45.8 Å². The van der Waals surface area contributed by atoms with E-state index in [0.717, 1.165) is 0 Å². The van der Waals surface area contributed by atoms with Crippen molar-refractivity contribution in [2.24, 2.45) is 11.1 Å². The first kappa shape index (κ1) is 12.9. The van der Waals surface area contributed by atoms with Crippen LogP contribution in [0.15, 0.2) is 0 Å². The van der Waals surface area contributed by atoms with Gasteiger partial charge in [0.15, 0.2) is 0 Å². The van der Waals surface area contributed by atoms with E-state index in [1.54, 1.807) is 7.11 Å². The Morgan fingerprint density at radius 3 is 2.08 bits per heavy atom. The van der Waals surface area contributed by atoms with Crippen molar-refractivity contribution in [3.05, 3.63) is 0 Å². The van der Waals surface area contributed by atoms with Crippen LogP contribution in [0.5, 0.6) is 0 Å². The van der Waals surface area contributed by atoms with Crippen molar-refractivity contribution in [3.63, 3.8) is 0 Å². The van der Waals surface area contributed by atoms with Gasteiger partial charge in [-0.05, 0) is 20.4 Å². The summed E-state index contributed by atoms with van der Waals surface area (Å²) in [5.74, 6) is 0. The number of methoxy groups -OCH3 is 1. The van der Waals surface area contributed by atoms with Gasteiger partial charge >= 0.3 is 0 Å². The van der Waals surface area contributed by atoms with Crippen molar-refractivity contribution >= 4 is 0 Å². The van der Waals surface area contributed by atoms with E-state index >= 15 is 0 Å². The molecule has 0 saturated heterocycles. The highest BCUT2D eigenvalue weighted by Gasteiger charge is 2.31. The summed E-state index contributed by atoms with van der Waals surface area (Å²) in [6.45, 7) is 8.33. The van der Waals surface area contributed by atoms with E-state index in [9.17, 15) is 5.11 Å². The molecule has 0 aliphatic heterocycles. The van der Waals surface area contributed by atoms with Gasteiger partial charge in [0.05, 0.1) is 11.7 Å². The molecule has 0 spiro atoms. The number of hydrogen-bond donors (Lipinski definition) is 2. The molecule has 1 atom stereocenters. The van der Waals surface area contributed by atoms with Crippen LogP contribution in [0.2, 0.25) is 0 Å². The highest BCUT2D eigenvalue weighted by Crippen LogP contribution is 2.27. The zero-order valence-corrected chi connectivity index (χ0v) is 9.42. The predicted molar refractivity (Wildman–Crippen MR) is 54.5 cm³/mol. The molecule has 0 rings (SSSR count). The number of ether oxygens (including phenoxy) is 1. The Balaban J connectivity index is 4.22. The maximum absolute atomic E-state index is 9.88. The molecule has 0 fully saturated rings. The van der Waals surface area contributed by atoms with Gasteiger partial charge in [-0.25, -0.2) is 0 Å². The summed E-state index contributed by atoms with van der Waals surface area (Å²) in [6, 6.07) is 0. The van der Waals surface area contributed by atoms with E-state index in [4.69, 9.17) is 10.5 Å². The molecule has 0 bridgehead atoms. The van der Waals surface area contributed by atoms with Crippen molar-refractivity contribution in [2.75, 3.05) is 13.7 Å². The van der Waals surface area contributed by atoms with Crippen molar-refractivity contribution < 1.29 is 9.84 Å². The topological polar surface area (TPSA) is 55.5 Å². The van der Waals surface area contributed by atoms with Crippen LogP contribution < -0.4 is 5.73 Å². The molecule has 0 aliphatic carbocycles. The molecule has 0 aromatic rings. The van der Waals surface area contributed by atoms with Crippen molar-refractivity contribution in [1.82, 2.24) is 0 Å². The van der Waals surface area contributed by atoms with Crippen LogP contribution in [-0.2, 0) is 4.74 Å². The Kier molecular flexibility index (Phi) is 4.36. The summed E-state index contributed by atoms with van der Waals surface area (Å²) in [5, 5.41) is 9.88. The second kappa shape index (κ2) is 4.40. The molecule has 3 heteroatoms. The van der Waals surface area contributed by atoms with Gasteiger partial charge in [0.1, 0.15) is 0 Å².